The zero-order valence-electron chi connectivity index (χ0n) is 10.5. The highest BCUT2D eigenvalue weighted by atomic mass is 32.1. The maximum absolute atomic E-state index is 11.5. The Morgan fingerprint density at radius 3 is 3.06 bits per heavy atom. The first kappa shape index (κ1) is 13.5. The van der Waals surface area contributed by atoms with Crippen molar-refractivity contribution >= 4 is 17.2 Å². The van der Waals surface area contributed by atoms with Crippen molar-refractivity contribution in [2.24, 2.45) is 11.5 Å². The molecule has 0 saturated carbocycles. The molecule has 2 heterocycles. The van der Waals surface area contributed by atoms with Gasteiger partial charge in [-0.3, -0.25) is 9.69 Å². The predicted molar refractivity (Wildman–Crippen MR) is 71.4 cm³/mol. The van der Waals surface area contributed by atoms with E-state index < -0.39 is 0 Å². The monoisotopic (exact) mass is 269 g/mol. The van der Waals surface area contributed by atoms with Crippen LogP contribution in [0.4, 0.5) is 0 Å². The second-order valence-corrected chi connectivity index (χ2v) is 5.40. The van der Waals surface area contributed by atoms with Gasteiger partial charge in [-0.2, -0.15) is 0 Å². The Morgan fingerprint density at radius 2 is 2.50 bits per heavy atom. The van der Waals surface area contributed by atoms with Crippen molar-refractivity contribution in [1.29, 1.82) is 0 Å². The summed E-state index contributed by atoms with van der Waals surface area (Å²) in [6, 6.07) is 1.74. The summed E-state index contributed by atoms with van der Waals surface area (Å²) in [4.78, 5) is 14.8. The summed E-state index contributed by atoms with van der Waals surface area (Å²) in [6.45, 7) is 4.20. The maximum Gasteiger partial charge on any atom is 0.237 e. The lowest BCUT2D eigenvalue weighted by Gasteiger charge is -2.38. The van der Waals surface area contributed by atoms with Gasteiger partial charge in [0.1, 0.15) is 6.04 Å². The first-order valence-electron chi connectivity index (χ1n) is 6.02. The molecule has 4 N–H and O–H groups in total. The third-order valence-electron chi connectivity index (χ3n) is 3.33. The molecule has 0 aromatic carbocycles. The fourth-order valence-corrected chi connectivity index (χ4v) is 3.42. The molecule has 2 rings (SSSR count). The Bertz CT molecular complexity index is 421. The molecule has 1 aromatic rings. The molecule has 1 amide bonds. The van der Waals surface area contributed by atoms with Gasteiger partial charge in [0.15, 0.2) is 0 Å². The maximum atomic E-state index is 11.5. The molecule has 1 saturated heterocycles. The Balaban J connectivity index is 2.25. The standard InChI is InChI=1S/C12H19N3O2S/c1-8-2-5-18-11(8)9(6-13)15-3-4-17-7-10(15)12(14)16/h2,5,9-10H,3-4,6-7,13H2,1H3,(H2,14,16). The highest BCUT2D eigenvalue weighted by molar-refractivity contribution is 7.10. The first-order chi connectivity index (χ1) is 8.65. The van der Waals surface area contributed by atoms with E-state index in [1.165, 1.54) is 10.4 Å². The van der Waals surface area contributed by atoms with E-state index in [1.807, 2.05) is 5.38 Å². The van der Waals surface area contributed by atoms with E-state index in [-0.39, 0.29) is 18.0 Å². The summed E-state index contributed by atoms with van der Waals surface area (Å²) in [5.74, 6) is -0.345. The lowest BCUT2D eigenvalue weighted by molar-refractivity contribution is -0.131. The van der Waals surface area contributed by atoms with Gasteiger partial charge in [-0.25, -0.2) is 0 Å². The van der Waals surface area contributed by atoms with Crippen LogP contribution >= 0.6 is 11.3 Å². The number of nitrogens with zero attached hydrogens (tertiary/aromatic N) is 1. The molecule has 1 aromatic heterocycles. The molecule has 2 unspecified atom stereocenters. The van der Waals surface area contributed by atoms with Gasteiger partial charge < -0.3 is 16.2 Å². The minimum atomic E-state index is -0.381. The van der Waals surface area contributed by atoms with E-state index in [2.05, 4.69) is 17.9 Å². The van der Waals surface area contributed by atoms with E-state index >= 15 is 0 Å². The van der Waals surface area contributed by atoms with E-state index in [0.29, 0.717) is 26.3 Å². The van der Waals surface area contributed by atoms with Gasteiger partial charge in [0, 0.05) is 18.0 Å². The third kappa shape index (κ3) is 2.56. The van der Waals surface area contributed by atoms with E-state index in [4.69, 9.17) is 16.2 Å². The van der Waals surface area contributed by atoms with Crippen molar-refractivity contribution in [3.8, 4) is 0 Å². The van der Waals surface area contributed by atoms with Crippen LogP contribution in [0.3, 0.4) is 0 Å². The number of hydrogen-bond donors (Lipinski definition) is 2. The molecule has 0 bridgehead atoms. The van der Waals surface area contributed by atoms with E-state index in [0.717, 1.165) is 0 Å². The van der Waals surface area contributed by atoms with Crippen molar-refractivity contribution in [3.05, 3.63) is 21.9 Å². The van der Waals surface area contributed by atoms with Crippen molar-refractivity contribution in [2.75, 3.05) is 26.3 Å². The molecule has 0 radical (unpaired) electrons. The zero-order valence-corrected chi connectivity index (χ0v) is 11.3. The fourth-order valence-electron chi connectivity index (χ4n) is 2.35. The van der Waals surface area contributed by atoms with Crippen LogP contribution in [-0.2, 0) is 9.53 Å². The molecular formula is C12H19N3O2S. The lowest BCUT2D eigenvalue weighted by atomic mass is 10.1. The van der Waals surface area contributed by atoms with Crippen LogP contribution in [0.25, 0.3) is 0 Å². The summed E-state index contributed by atoms with van der Waals surface area (Å²) >= 11 is 1.68. The van der Waals surface area contributed by atoms with Gasteiger partial charge >= 0.3 is 0 Å². The van der Waals surface area contributed by atoms with Crippen LogP contribution in [0, 0.1) is 6.92 Å². The quantitative estimate of drug-likeness (QED) is 0.820. The van der Waals surface area contributed by atoms with Crippen molar-refractivity contribution in [2.45, 2.75) is 19.0 Å². The number of aryl methyl sites for hydroxylation is 1. The highest BCUT2D eigenvalue weighted by Gasteiger charge is 2.34. The van der Waals surface area contributed by atoms with Gasteiger partial charge in [0.2, 0.25) is 5.91 Å². The smallest absolute Gasteiger partial charge is 0.237 e. The summed E-state index contributed by atoms with van der Waals surface area (Å²) < 4.78 is 5.34. The molecule has 1 aliphatic heterocycles. The number of hydrogen-bond acceptors (Lipinski definition) is 5. The number of ether oxygens (including phenoxy) is 1. The molecule has 1 aliphatic rings. The first-order valence-corrected chi connectivity index (χ1v) is 6.90. The Kier molecular flexibility index (Phi) is 4.34. The van der Waals surface area contributed by atoms with Gasteiger partial charge in [-0.1, -0.05) is 0 Å². The fraction of sp³-hybridized carbons (Fsp3) is 0.583. The van der Waals surface area contributed by atoms with Crippen LogP contribution in [0.15, 0.2) is 11.4 Å². The highest BCUT2D eigenvalue weighted by Crippen LogP contribution is 2.30. The minimum Gasteiger partial charge on any atom is -0.378 e. The largest absolute Gasteiger partial charge is 0.378 e. The second-order valence-electron chi connectivity index (χ2n) is 4.45. The van der Waals surface area contributed by atoms with Gasteiger partial charge in [0.05, 0.1) is 19.3 Å². The number of rotatable bonds is 4. The Morgan fingerprint density at radius 1 is 1.72 bits per heavy atom. The summed E-state index contributed by atoms with van der Waals surface area (Å²) in [5.41, 5.74) is 12.6. The molecule has 0 spiro atoms. The molecule has 0 aliphatic carbocycles. The summed E-state index contributed by atoms with van der Waals surface area (Å²) in [7, 11) is 0. The van der Waals surface area contributed by atoms with Crippen LogP contribution < -0.4 is 11.5 Å². The number of nitrogens with two attached hydrogens (primary N) is 2. The number of carbonyl (C=O) groups excluding carboxylic acids is 1. The van der Waals surface area contributed by atoms with Gasteiger partial charge in [0.25, 0.3) is 0 Å². The number of amides is 1. The molecule has 5 nitrogen and oxygen atoms in total. The van der Waals surface area contributed by atoms with Gasteiger partial charge in [-0.15, -0.1) is 11.3 Å². The normalized spacial score (nSPS) is 22.9. The Hall–Kier alpha value is -0.950. The number of primary amides is 1. The van der Waals surface area contributed by atoms with Crippen molar-refractivity contribution < 1.29 is 9.53 Å². The second kappa shape index (κ2) is 5.79. The average molecular weight is 269 g/mol. The Labute approximate surface area is 111 Å². The number of morpholine rings is 1. The van der Waals surface area contributed by atoms with Crippen molar-refractivity contribution in [3.63, 3.8) is 0 Å². The van der Waals surface area contributed by atoms with Crippen LogP contribution in [-0.4, -0.2) is 43.2 Å². The molecule has 100 valence electrons. The van der Waals surface area contributed by atoms with Crippen LogP contribution in [0.5, 0.6) is 0 Å². The molecule has 1 fully saturated rings. The molecule has 6 heteroatoms. The summed E-state index contributed by atoms with van der Waals surface area (Å²) in [5, 5.41) is 2.05. The van der Waals surface area contributed by atoms with Crippen molar-refractivity contribution in [1.82, 2.24) is 4.90 Å². The van der Waals surface area contributed by atoms with Crippen LogP contribution in [0.1, 0.15) is 16.5 Å². The SMILES string of the molecule is Cc1ccsc1C(CN)N1CCOCC1C(N)=O. The average Bonchev–Trinajstić information content (AvgIpc) is 2.77. The third-order valence-corrected chi connectivity index (χ3v) is 4.45. The van der Waals surface area contributed by atoms with E-state index in [9.17, 15) is 4.79 Å². The number of thiophene rings is 1. The van der Waals surface area contributed by atoms with E-state index in [1.54, 1.807) is 11.3 Å². The molecular weight excluding hydrogens is 250 g/mol. The lowest BCUT2D eigenvalue weighted by Crippen LogP contribution is -2.54. The van der Waals surface area contributed by atoms with Crippen LogP contribution in [0.2, 0.25) is 0 Å². The number of carbonyl (C=O) groups is 1. The predicted octanol–water partition coefficient (Wildman–Crippen LogP) is 0.242. The zero-order chi connectivity index (χ0) is 13.1. The molecule has 18 heavy (non-hydrogen) atoms. The van der Waals surface area contributed by atoms with Gasteiger partial charge in [-0.05, 0) is 23.9 Å². The molecule has 2 atom stereocenters. The minimum absolute atomic E-state index is 0.0476. The summed E-state index contributed by atoms with van der Waals surface area (Å²) in [6.07, 6.45) is 0. The topological polar surface area (TPSA) is 81.6 Å².